The van der Waals surface area contributed by atoms with Gasteiger partial charge in [-0.3, -0.25) is 19.5 Å². The van der Waals surface area contributed by atoms with Gasteiger partial charge in [-0.05, 0) is 19.1 Å². The Morgan fingerprint density at radius 1 is 1.30 bits per heavy atom. The van der Waals surface area contributed by atoms with Gasteiger partial charge in [0.15, 0.2) is 0 Å². The molecule has 0 saturated carbocycles. The van der Waals surface area contributed by atoms with Crippen molar-refractivity contribution in [1.82, 2.24) is 4.57 Å². The summed E-state index contributed by atoms with van der Waals surface area (Å²) in [6.07, 6.45) is 1.15. The number of pyridine rings is 1. The summed E-state index contributed by atoms with van der Waals surface area (Å²) >= 11 is 0. The highest BCUT2D eigenvalue weighted by Crippen LogP contribution is 2.23. The number of carboxylic acids is 1. The molecule has 1 aromatic heterocycles. The second-order valence-electron chi connectivity index (χ2n) is 4.11. The molecular weight excluding hydrogens is 264 g/mol. The monoisotopic (exact) mass is 274 g/mol. The van der Waals surface area contributed by atoms with Crippen molar-refractivity contribution in [3.8, 4) is 5.69 Å². The Hall–Kier alpha value is -2.96. The van der Waals surface area contributed by atoms with Gasteiger partial charge < -0.3 is 5.11 Å². The minimum Gasteiger partial charge on any atom is -0.478 e. The van der Waals surface area contributed by atoms with Crippen LogP contribution in [0.3, 0.4) is 0 Å². The average Bonchev–Trinajstić information content (AvgIpc) is 2.39. The molecule has 2 aromatic rings. The number of carboxylic acid groups (broad SMARTS) is 1. The van der Waals surface area contributed by atoms with Gasteiger partial charge in [-0.15, -0.1) is 0 Å². The second-order valence-corrected chi connectivity index (χ2v) is 4.11. The number of aromatic carboxylic acids is 1. The van der Waals surface area contributed by atoms with E-state index in [1.807, 2.05) is 0 Å². The number of carbonyl (C=O) groups is 1. The van der Waals surface area contributed by atoms with Crippen molar-refractivity contribution < 1.29 is 14.8 Å². The van der Waals surface area contributed by atoms with Crippen LogP contribution in [0.4, 0.5) is 5.69 Å². The van der Waals surface area contributed by atoms with Gasteiger partial charge in [0.25, 0.3) is 11.2 Å². The third-order valence-corrected chi connectivity index (χ3v) is 2.89. The Morgan fingerprint density at radius 2 is 2.00 bits per heavy atom. The molecule has 1 aromatic carbocycles. The molecule has 102 valence electrons. The highest BCUT2D eigenvalue weighted by molar-refractivity contribution is 5.87. The molecule has 1 N–H and O–H groups in total. The summed E-state index contributed by atoms with van der Waals surface area (Å²) in [5.41, 5.74) is -0.0846. The van der Waals surface area contributed by atoms with Crippen LogP contribution >= 0.6 is 0 Å². The fourth-order valence-corrected chi connectivity index (χ4v) is 1.87. The lowest BCUT2D eigenvalue weighted by Crippen LogP contribution is -2.19. The molecule has 0 atom stereocenters. The van der Waals surface area contributed by atoms with E-state index in [2.05, 4.69) is 0 Å². The van der Waals surface area contributed by atoms with Gasteiger partial charge in [-0.2, -0.15) is 0 Å². The van der Waals surface area contributed by atoms with E-state index in [4.69, 9.17) is 5.11 Å². The van der Waals surface area contributed by atoms with Crippen LogP contribution in [-0.2, 0) is 0 Å². The third kappa shape index (κ3) is 2.28. The van der Waals surface area contributed by atoms with Crippen LogP contribution in [0.5, 0.6) is 0 Å². The van der Waals surface area contributed by atoms with E-state index in [9.17, 15) is 19.7 Å². The fourth-order valence-electron chi connectivity index (χ4n) is 1.87. The second kappa shape index (κ2) is 4.96. The summed E-state index contributed by atoms with van der Waals surface area (Å²) in [7, 11) is 0. The molecule has 0 amide bonds. The summed E-state index contributed by atoms with van der Waals surface area (Å²) in [6.45, 7) is 1.51. The van der Waals surface area contributed by atoms with Crippen molar-refractivity contribution in [2.45, 2.75) is 6.92 Å². The summed E-state index contributed by atoms with van der Waals surface area (Å²) < 4.78 is 1.09. The lowest BCUT2D eigenvalue weighted by molar-refractivity contribution is -0.385. The van der Waals surface area contributed by atoms with Gasteiger partial charge in [0.05, 0.1) is 21.7 Å². The van der Waals surface area contributed by atoms with E-state index in [1.165, 1.54) is 31.2 Å². The number of benzene rings is 1. The molecule has 0 fully saturated rings. The Bertz CT molecular complexity index is 764. The fraction of sp³-hybridized carbons (Fsp3) is 0.0769. The summed E-state index contributed by atoms with van der Waals surface area (Å²) in [4.78, 5) is 33.1. The van der Waals surface area contributed by atoms with Crippen LogP contribution in [0, 0.1) is 17.0 Å². The molecule has 0 saturated heterocycles. The van der Waals surface area contributed by atoms with Gasteiger partial charge in [-0.1, -0.05) is 6.07 Å². The number of rotatable bonds is 3. The van der Waals surface area contributed by atoms with Crippen molar-refractivity contribution >= 4 is 11.7 Å². The molecule has 20 heavy (non-hydrogen) atoms. The molecule has 1 heterocycles. The molecule has 2 rings (SSSR count). The minimum absolute atomic E-state index is 0.0736. The molecule has 7 heteroatoms. The van der Waals surface area contributed by atoms with Gasteiger partial charge in [0, 0.05) is 18.3 Å². The third-order valence-electron chi connectivity index (χ3n) is 2.89. The molecular formula is C13H10N2O5. The Morgan fingerprint density at radius 3 is 2.60 bits per heavy atom. The minimum atomic E-state index is -1.18. The summed E-state index contributed by atoms with van der Waals surface area (Å²) in [6, 6.07) is 6.59. The zero-order valence-corrected chi connectivity index (χ0v) is 10.4. The molecule has 0 radical (unpaired) electrons. The van der Waals surface area contributed by atoms with Crippen LogP contribution in [0.15, 0.2) is 41.3 Å². The first-order valence-electron chi connectivity index (χ1n) is 5.62. The first-order valence-corrected chi connectivity index (χ1v) is 5.62. The molecule has 0 unspecified atom stereocenters. The standard InChI is InChI=1S/C13H10N2O5/c1-8-10(3-2-4-11(8)15(19)20)14-7-9(13(17)18)5-6-12(14)16/h2-7H,1H3,(H,17,18). The van der Waals surface area contributed by atoms with E-state index in [0.29, 0.717) is 5.56 Å². The maximum absolute atomic E-state index is 11.8. The quantitative estimate of drug-likeness (QED) is 0.678. The van der Waals surface area contributed by atoms with Crippen LogP contribution in [0.1, 0.15) is 15.9 Å². The number of hydrogen-bond donors (Lipinski definition) is 1. The maximum atomic E-state index is 11.8. The largest absolute Gasteiger partial charge is 0.478 e. The number of aromatic nitrogens is 1. The predicted octanol–water partition coefficient (Wildman–Crippen LogP) is 1.75. The van der Waals surface area contributed by atoms with Crippen LogP contribution in [-0.4, -0.2) is 20.6 Å². The summed E-state index contributed by atoms with van der Waals surface area (Å²) in [5.74, 6) is -1.18. The van der Waals surface area contributed by atoms with Crippen molar-refractivity contribution in [1.29, 1.82) is 0 Å². The van der Waals surface area contributed by atoms with E-state index in [0.717, 1.165) is 16.8 Å². The van der Waals surface area contributed by atoms with E-state index in [1.54, 1.807) is 0 Å². The molecule has 0 aliphatic rings. The highest BCUT2D eigenvalue weighted by Gasteiger charge is 2.16. The SMILES string of the molecule is Cc1c(-n2cc(C(=O)O)ccc2=O)cccc1[N+](=O)[O-]. The van der Waals surface area contributed by atoms with Gasteiger partial charge in [-0.25, -0.2) is 4.79 Å². The first-order chi connectivity index (χ1) is 9.41. The van der Waals surface area contributed by atoms with Crippen molar-refractivity contribution in [3.05, 3.63) is 68.1 Å². The molecule has 0 spiro atoms. The molecule has 0 aliphatic carbocycles. The van der Waals surface area contributed by atoms with E-state index >= 15 is 0 Å². The van der Waals surface area contributed by atoms with Gasteiger partial charge in [0.1, 0.15) is 0 Å². The highest BCUT2D eigenvalue weighted by atomic mass is 16.6. The van der Waals surface area contributed by atoms with Gasteiger partial charge in [0.2, 0.25) is 0 Å². The normalized spacial score (nSPS) is 10.2. The predicted molar refractivity (Wildman–Crippen MR) is 70.4 cm³/mol. The average molecular weight is 274 g/mol. The zero-order valence-electron chi connectivity index (χ0n) is 10.4. The van der Waals surface area contributed by atoms with Gasteiger partial charge >= 0.3 is 5.97 Å². The first kappa shape index (κ1) is 13.5. The molecule has 7 nitrogen and oxygen atoms in total. The van der Waals surface area contributed by atoms with Crippen molar-refractivity contribution in [2.75, 3.05) is 0 Å². The lowest BCUT2D eigenvalue weighted by Gasteiger charge is -2.09. The van der Waals surface area contributed by atoms with Crippen molar-refractivity contribution in [3.63, 3.8) is 0 Å². The zero-order chi connectivity index (χ0) is 14.9. The van der Waals surface area contributed by atoms with Crippen LogP contribution in [0.2, 0.25) is 0 Å². The van der Waals surface area contributed by atoms with E-state index < -0.39 is 16.5 Å². The summed E-state index contributed by atoms with van der Waals surface area (Å²) in [5, 5.41) is 19.8. The number of nitrogens with zero attached hydrogens (tertiary/aromatic N) is 2. The van der Waals surface area contributed by atoms with Crippen molar-refractivity contribution in [2.24, 2.45) is 0 Å². The molecule has 0 bridgehead atoms. The maximum Gasteiger partial charge on any atom is 0.337 e. The Kier molecular flexibility index (Phi) is 3.34. The Labute approximate surface area is 112 Å². The number of nitro benzene ring substituents is 1. The van der Waals surface area contributed by atoms with Crippen LogP contribution in [0.25, 0.3) is 5.69 Å². The lowest BCUT2D eigenvalue weighted by atomic mass is 10.1. The number of hydrogen-bond acceptors (Lipinski definition) is 4. The van der Waals surface area contributed by atoms with Crippen LogP contribution < -0.4 is 5.56 Å². The Balaban J connectivity index is 2.72. The topological polar surface area (TPSA) is 102 Å². The van der Waals surface area contributed by atoms with E-state index in [-0.39, 0.29) is 16.9 Å². The smallest absolute Gasteiger partial charge is 0.337 e. The molecule has 0 aliphatic heterocycles. The number of nitro groups is 1.